The largest absolute Gasteiger partial charge is 0.481 e. The standard InChI is InChI=1S/C22H19N5O3/c1-16(29-18-6-3-2-4-7-18)22(28)24-17-8-10-19(11-9-17)30-21-13-12-20(25-26-21)27-15-5-14-23-27/h2-16H,1H3,(H,24,28). The average Bonchev–Trinajstić information content (AvgIpc) is 3.31. The third-order valence-corrected chi connectivity index (χ3v) is 4.13. The number of amides is 1. The van der Waals surface area contributed by atoms with Crippen molar-refractivity contribution in [2.75, 3.05) is 5.32 Å². The zero-order chi connectivity index (χ0) is 20.8. The Bertz CT molecular complexity index is 1080. The SMILES string of the molecule is CC(Oc1ccccc1)C(=O)Nc1ccc(Oc2ccc(-n3cccn3)nn2)cc1. The van der Waals surface area contributed by atoms with Crippen LogP contribution in [0.5, 0.6) is 17.4 Å². The highest BCUT2D eigenvalue weighted by Crippen LogP contribution is 2.22. The second-order valence-corrected chi connectivity index (χ2v) is 6.37. The van der Waals surface area contributed by atoms with Crippen LogP contribution in [0.15, 0.2) is 85.2 Å². The van der Waals surface area contributed by atoms with E-state index in [0.29, 0.717) is 28.9 Å². The Morgan fingerprint density at radius 1 is 0.933 bits per heavy atom. The van der Waals surface area contributed by atoms with Gasteiger partial charge < -0.3 is 14.8 Å². The number of nitrogens with zero attached hydrogens (tertiary/aromatic N) is 4. The molecule has 0 saturated carbocycles. The van der Waals surface area contributed by atoms with Gasteiger partial charge in [-0.3, -0.25) is 4.79 Å². The summed E-state index contributed by atoms with van der Waals surface area (Å²) in [5, 5.41) is 15.0. The van der Waals surface area contributed by atoms with Crippen LogP contribution < -0.4 is 14.8 Å². The minimum atomic E-state index is -0.632. The molecule has 0 saturated heterocycles. The molecule has 30 heavy (non-hydrogen) atoms. The number of rotatable bonds is 7. The minimum absolute atomic E-state index is 0.243. The first-order valence-electron chi connectivity index (χ1n) is 9.31. The lowest BCUT2D eigenvalue weighted by atomic mass is 10.2. The zero-order valence-electron chi connectivity index (χ0n) is 16.2. The van der Waals surface area contributed by atoms with Gasteiger partial charge in [-0.15, -0.1) is 10.2 Å². The molecule has 2 aromatic carbocycles. The molecule has 1 amide bonds. The van der Waals surface area contributed by atoms with Crippen molar-refractivity contribution in [2.24, 2.45) is 0 Å². The molecule has 1 N–H and O–H groups in total. The third-order valence-electron chi connectivity index (χ3n) is 4.13. The number of hydrogen-bond acceptors (Lipinski definition) is 6. The Balaban J connectivity index is 1.33. The van der Waals surface area contributed by atoms with Crippen molar-refractivity contribution < 1.29 is 14.3 Å². The number of para-hydroxylation sites is 1. The molecule has 0 aliphatic rings. The molecule has 150 valence electrons. The normalized spacial score (nSPS) is 11.5. The first-order chi connectivity index (χ1) is 14.7. The maximum atomic E-state index is 12.3. The lowest BCUT2D eigenvalue weighted by Gasteiger charge is -2.15. The fourth-order valence-corrected chi connectivity index (χ4v) is 2.62. The number of carbonyl (C=O) groups excluding carboxylic acids is 1. The first kappa shape index (κ1) is 19.1. The Labute approximate surface area is 173 Å². The molecule has 2 aromatic heterocycles. The van der Waals surface area contributed by atoms with Crippen LogP contribution in [0, 0.1) is 0 Å². The fraction of sp³-hybridized carbons (Fsp3) is 0.0909. The third kappa shape index (κ3) is 4.79. The molecular weight excluding hydrogens is 382 g/mol. The molecule has 0 radical (unpaired) electrons. The van der Waals surface area contributed by atoms with E-state index in [1.807, 2.05) is 18.2 Å². The Hall–Kier alpha value is -4.20. The van der Waals surface area contributed by atoms with Gasteiger partial charge in [0.1, 0.15) is 11.5 Å². The maximum Gasteiger partial charge on any atom is 0.265 e. The van der Waals surface area contributed by atoms with Gasteiger partial charge in [0.15, 0.2) is 11.9 Å². The predicted octanol–water partition coefficient (Wildman–Crippen LogP) is 3.86. The van der Waals surface area contributed by atoms with Gasteiger partial charge in [0, 0.05) is 24.1 Å². The summed E-state index contributed by atoms with van der Waals surface area (Å²) in [7, 11) is 0. The van der Waals surface area contributed by atoms with Crippen LogP contribution in [-0.4, -0.2) is 32.0 Å². The fourth-order valence-electron chi connectivity index (χ4n) is 2.62. The summed E-state index contributed by atoms with van der Waals surface area (Å²) in [5.74, 6) is 1.92. The lowest BCUT2D eigenvalue weighted by Crippen LogP contribution is -2.30. The van der Waals surface area contributed by atoms with E-state index in [1.165, 1.54) is 0 Å². The molecular formula is C22H19N5O3. The molecule has 1 unspecified atom stereocenters. The van der Waals surface area contributed by atoms with E-state index in [0.717, 1.165) is 0 Å². The number of hydrogen-bond donors (Lipinski definition) is 1. The number of nitrogens with one attached hydrogen (secondary N) is 1. The number of anilines is 1. The summed E-state index contributed by atoms with van der Waals surface area (Å²) >= 11 is 0. The predicted molar refractivity (Wildman–Crippen MR) is 111 cm³/mol. The van der Waals surface area contributed by atoms with Crippen LogP contribution in [0.3, 0.4) is 0 Å². The molecule has 0 aliphatic heterocycles. The van der Waals surface area contributed by atoms with E-state index in [9.17, 15) is 4.79 Å². The lowest BCUT2D eigenvalue weighted by molar-refractivity contribution is -0.122. The van der Waals surface area contributed by atoms with Crippen LogP contribution in [0.2, 0.25) is 0 Å². The van der Waals surface area contributed by atoms with Gasteiger partial charge in [-0.05, 0) is 55.5 Å². The van der Waals surface area contributed by atoms with Gasteiger partial charge in [0.05, 0.1) is 0 Å². The van der Waals surface area contributed by atoms with E-state index in [1.54, 1.807) is 78.6 Å². The number of carbonyl (C=O) groups is 1. The van der Waals surface area contributed by atoms with Crippen LogP contribution in [0.25, 0.3) is 5.82 Å². The summed E-state index contributed by atoms with van der Waals surface area (Å²) in [4.78, 5) is 12.3. The zero-order valence-corrected chi connectivity index (χ0v) is 16.2. The molecule has 8 nitrogen and oxygen atoms in total. The van der Waals surface area contributed by atoms with Crippen molar-refractivity contribution in [3.8, 4) is 23.2 Å². The van der Waals surface area contributed by atoms with Crippen LogP contribution >= 0.6 is 0 Å². The topological polar surface area (TPSA) is 91.2 Å². The number of ether oxygens (including phenoxy) is 2. The van der Waals surface area contributed by atoms with Gasteiger partial charge in [0.2, 0.25) is 5.88 Å². The van der Waals surface area contributed by atoms with Crippen molar-refractivity contribution in [1.29, 1.82) is 0 Å². The first-order valence-corrected chi connectivity index (χ1v) is 9.31. The molecule has 2 heterocycles. The Morgan fingerprint density at radius 3 is 2.40 bits per heavy atom. The van der Waals surface area contributed by atoms with Crippen LogP contribution in [0.4, 0.5) is 5.69 Å². The summed E-state index contributed by atoms with van der Waals surface area (Å²) in [6, 6.07) is 21.5. The van der Waals surface area contributed by atoms with Crippen molar-refractivity contribution in [3.63, 3.8) is 0 Å². The van der Waals surface area contributed by atoms with Crippen molar-refractivity contribution >= 4 is 11.6 Å². The molecule has 0 spiro atoms. The molecule has 4 aromatic rings. The van der Waals surface area contributed by atoms with Gasteiger partial charge in [-0.2, -0.15) is 5.10 Å². The van der Waals surface area contributed by atoms with Gasteiger partial charge >= 0.3 is 0 Å². The monoisotopic (exact) mass is 401 g/mol. The molecule has 0 fully saturated rings. The van der Waals surface area contributed by atoms with E-state index in [-0.39, 0.29) is 5.91 Å². The summed E-state index contributed by atoms with van der Waals surface area (Å²) < 4.78 is 12.9. The van der Waals surface area contributed by atoms with Crippen LogP contribution in [-0.2, 0) is 4.79 Å². The Kier molecular flexibility index (Phi) is 5.66. The van der Waals surface area contributed by atoms with E-state index in [2.05, 4.69) is 20.6 Å². The Morgan fingerprint density at radius 2 is 1.73 bits per heavy atom. The molecule has 0 aliphatic carbocycles. The van der Waals surface area contributed by atoms with Crippen molar-refractivity contribution in [1.82, 2.24) is 20.0 Å². The maximum absolute atomic E-state index is 12.3. The smallest absolute Gasteiger partial charge is 0.265 e. The van der Waals surface area contributed by atoms with Crippen molar-refractivity contribution in [3.05, 3.63) is 85.2 Å². The van der Waals surface area contributed by atoms with Gasteiger partial charge in [-0.1, -0.05) is 18.2 Å². The second-order valence-electron chi connectivity index (χ2n) is 6.37. The van der Waals surface area contributed by atoms with Crippen molar-refractivity contribution in [2.45, 2.75) is 13.0 Å². The highest BCUT2D eigenvalue weighted by atomic mass is 16.5. The molecule has 8 heteroatoms. The second kappa shape index (κ2) is 8.87. The highest BCUT2D eigenvalue weighted by molar-refractivity contribution is 5.94. The molecule has 1 atom stereocenters. The van der Waals surface area contributed by atoms with E-state index < -0.39 is 6.10 Å². The summed E-state index contributed by atoms with van der Waals surface area (Å²) in [6.07, 6.45) is 2.82. The quantitative estimate of drug-likeness (QED) is 0.506. The summed E-state index contributed by atoms with van der Waals surface area (Å²) in [5.41, 5.74) is 0.635. The number of aromatic nitrogens is 4. The highest BCUT2D eigenvalue weighted by Gasteiger charge is 2.14. The van der Waals surface area contributed by atoms with Crippen LogP contribution in [0.1, 0.15) is 6.92 Å². The van der Waals surface area contributed by atoms with Gasteiger partial charge in [0.25, 0.3) is 5.91 Å². The molecule has 4 rings (SSSR count). The van der Waals surface area contributed by atoms with Gasteiger partial charge in [-0.25, -0.2) is 4.68 Å². The minimum Gasteiger partial charge on any atom is -0.481 e. The van der Waals surface area contributed by atoms with E-state index in [4.69, 9.17) is 9.47 Å². The molecule has 0 bridgehead atoms. The van der Waals surface area contributed by atoms with E-state index >= 15 is 0 Å². The average molecular weight is 401 g/mol. The number of benzene rings is 2. The summed E-state index contributed by atoms with van der Waals surface area (Å²) in [6.45, 7) is 1.70.